The third-order valence-electron chi connectivity index (χ3n) is 4.62. The Bertz CT molecular complexity index is 1280. The number of rotatable bonds is 6. The first-order valence-corrected chi connectivity index (χ1v) is 11.0. The topological polar surface area (TPSA) is 93.1 Å². The molecule has 7 nitrogen and oxygen atoms in total. The Balaban J connectivity index is 1.41. The number of hydrogen-bond acceptors (Lipinski definition) is 4. The van der Waals surface area contributed by atoms with E-state index in [1.54, 1.807) is 71.5 Å². The summed E-state index contributed by atoms with van der Waals surface area (Å²) in [5.41, 5.74) is 3.29. The highest BCUT2D eigenvalue weighted by molar-refractivity contribution is 7.92. The second kappa shape index (κ2) is 8.45. The van der Waals surface area contributed by atoms with Crippen molar-refractivity contribution in [2.24, 2.45) is 0 Å². The minimum absolute atomic E-state index is 0.189. The van der Waals surface area contributed by atoms with Gasteiger partial charge >= 0.3 is 0 Å². The summed E-state index contributed by atoms with van der Waals surface area (Å²) in [6, 6.07) is 22.0. The van der Waals surface area contributed by atoms with Crippen molar-refractivity contribution in [1.82, 2.24) is 9.78 Å². The molecule has 0 aliphatic rings. The normalized spacial score (nSPS) is 11.1. The highest BCUT2D eigenvalue weighted by Gasteiger charge is 2.14. The zero-order valence-electron chi connectivity index (χ0n) is 16.7. The van der Waals surface area contributed by atoms with Gasteiger partial charge in [-0.2, -0.15) is 5.10 Å². The van der Waals surface area contributed by atoms with Gasteiger partial charge in [-0.1, -0.05) is 17.7 Å². The number of aryl methyl sites for hydroxylation is 1. The molecule has 0 bridgehead atoms. The monoisotopic (exact) mass is 432 g/mol. The van der Waals surface area contributed by atoms with Crippen LogP contribution in [0, 0.1) is 6.92 Å². The molecular formula is C23H20N4O3S. The zero-order chi connectivity index (χ0) is 21.8. The van der Waals surface area contributed by atoms with Crippen LogP contribution in [-0.4, -0.2) is 24.1 Å². The fourth-order valence-electron chi connectivity index (χ4n) is 2.94. The van der Waals surface area contributed by atoms with Crippen molar-refractivity contribution in [3.8, 4) is 5.69 Å². The summed E-state index contributed by atoms with van der Waals surface area (Å²) in [7, 11) is -3.68. The SMILES string of the molecule is Cc1ccc(S(=O)(=O)Nc2ccc(NC(=O)c3ccc(-n4cccn4)cc3)cc2)cc1. The fourth-order valence-corrected chi connectivity index (χ4v) is 4.00. The van der Waals surface area contributed by atoms with Gasteiger partial charge in [0.15, 0.2) is 0 Å². The molecule has 0 saturated heterocycles. The van der Waals surface area contributed by atoms with Gasteiger partial charge in [0.05, 0.1) is 10.6 Å². The van der Waals surface area contributed by atoms with Crippen molar-refractivity contribution in [2.75, 3.05) is 10.0 Å². The summed E-state index contributed by atoms with van der Waals surface area (Å²) in [6.45, 7) is 1.89. The molecule has 0 aliphatic heterocycles. The molecule has 8 heteroatoms. The lowest BCUT2D eigenvalue weighted by Crippen LogP contribution is -2.14. The van der Waals surface area contributed by atoms with Crippen LogP contribution in [0.15, 0.2) is 96.2 Å². The Hall–Kier alpha value is -3.91. The average molecular weight is 433 g/mol. The molecule has 0 saturated carbocycles. The van der Waals surface area contributed by atoms with E-state index in [9.17, 15) is 13.2 Å². The molecule has 1 amide bonds. The van der Waals surface area contributed by atoms with Crippen molar-refractivity contribution in [3.63, 3.8) is 0 Å². The van der Waals surface area contributed by atoms with Crippen LogP contribution in [0.1, 0.15) is 15.9 Å². The maximum absolute atomic E-state index is 12.5. The molecule has 0 atom stereocenters. The van der Waals surface area contributed by atoms with E-state index in [0.717, 1.165) is 11.3 Å². The second-order valence-corrected chi connectivity index (χ2v) is 8.63. The first-order valence-electron chi connectivity index (χ1n) is 9.52. The van der Waals surface area contributed by atoms with Gasteiger partial charge in [0.2, 0.25) is 0 Å². The van der Waals surface area contributed by atoms with Crippen molar-refractivity contribution in [1.29, 1.82) is 0 Å². The lowest BCUT2D eigenvalue weighted by atomic mass is 10.2. The van der Waals surface area contributed by atoms with Gasteiger partial charge in [0.25, 0.3) is 15.9 Å². The minimum atomic E-state index is -3.68. The lowest BCUT2D eigenvalue weighted by molar-refractivity contribution is 0.102. The molecule has 0 radical (unpaired) electrons. The summed E-state index contributed by atoms with van der Waals surface area (Å²) in [6.07, 6.45) is 3.51. The van der Waals surface area contributed by atoms with E-state index in [-0.39, 0.29) is 10.8 Å². The van der Waals surface area contributed by atoms with E-state index in [0.29, 0.717) is 16.9 Å². The molecule has 4 aromatic rings. The third kappa shape index (κ3) is 4.81. The number of anilines is 2. The molecule has 1 aromatic heterocycles. The summed E-state index contributed by atoms with van der Waals surface area (Å²) in [5.74, 6) is -0.264. The predicted molar refractivity (Wildman–Crippen MR) is 120 cm³/mol. The number of sulfonamides is 1. The Kier molecular flexibility index (Phi) is 5.55. The second-order valence-electron chi connectivity index (χ2n) is 6.95. The Morgan fingerprint density at radius 3 is 2.13 bits per heavy atom. The molecule has 3 aromatic carbocycles. The first kappa shape index (κ1) is 20.4. The van der Waals surface area contributed by atoms with E-state index >= 15 is 0 Å². The van der Waals surface area contributed by atoms with Crippen molar-refractivity contribution >= 4 is 27.3 Å². The summed E-state index contributed by atoms with van der Waals surface area (Å²) >= 11 is 0. The van der Waals surface area contributed by atoms with Gasteiger partial charge < -0.3 is 5.32 Å². The number of hydrogen-bond donors (Lipinski definition) is 2. The molecule has 156 valence electrons. The van der Waals surface area contributed by atoms with E-state index in [1.807, 2.05) is 31.3 Å². The molecule has 31 heavy (non-hydrogen) atoms. The van der Waals surface area contributed by atoms with Crippen molar-refractivity contribution in [3.05, 3.63) is 102 Å². The number of carbonyl (C=O) groups is 1. The Morgan fingerprint density at radius 1 is 0.871 bits per heavy atom. The van der Waals surface area contributed by atoms with E-state index in [1.165, 1.54) is 0 Å². The summed E-state index contributed by atoms with van der Waals surface area (Å²) < 4.78 is 29.2. The van der Waals surface area contributed by atoms with Crippen LogP contribution in [0.5, 0.6) is 0 Å². The predicted octanol–water partition coefficient (Wildman–Crippen LogP) is 4.23. The van der Waals surface area contributed by atoms with Gasteiger partial charge in [0, 0.05) is 29.3 Å². The largest absolute Gasteiger partial charge is 0.322 e. The third-order valence-corrected chi connectivity index (χ3v) is 6.02. The van der Waals surface area contributed by atoms with Crippen molar-refractivity contribution in [2.45, 2.75) is 11.8 Å². The number of amides is 1. The maximum Gasteiger partial charge on any atom is 0.261 e. The number of aromatic nitrogens is 2. The quantitative estimate of drug-likeness (QED) is 0.477. The molecule has 1 heterocycles. The molecular weight excluding hydrogens is 412 g/mol. The van der Waals surface area contributed by atoms with Gasteiger partial charge in [-0.05, 0) is 73.7 Å². The van der Waals surface area contributed by atoms with Crippen LogP contribution in [0.4, 0.5) is 11.4 Å². The molecule has 4 rings (SSSR count). The van der Waals surface area contributed by atoms with E-state index in [2.05, 4.69) is 15.1 Å². The van der Waals surface area contributed by atoms with Gasteiger partial charge in [-0.15, -0.1) is 0 Å². The number of nitrogens with one attached hydrogen (secondary N) is 2. The van der Waals surface area contributed by atoms with Crippen LogP contribution in [0.2, 0.25) is 0 Å². The van der Waals surface area contributed by atoms with E-state index < -0.39 is 10.0 Å². The summed E-state index contributed by atoms with van der Waals surface area (Å²) in [4.78, 5) is 12.7. The van der Waals surface area contributed by atoms with E-state index in [4.69, 9.17) is 0 Å². The van der Waals surface area contributed by atoms with Crippen molar-refractivity contribution < 1.29 is 13.2 Å². The smallest absolute Gasteiger partial charge is 0.261 e. The molecule has 0 fully saturated rings. The van der Waals surface area contributed by atoms with Gasteiger partial charge in [-0.3, -0.25) is 9.52 Å². The standard InChI is InChI=1S/C23H20N4O3S/c1-17-3-13-22(14-4-17)31(29,30)26-20-9-7-19(8-10-20)25-23(28)18-5-11-21(12-6-18)27-16-2-15-24-27/h2-16,26H,1H3,(H,25,28). The van der Waals surface area contributed by atoms with Crippen LogP contribution in [-0.2, 0) is 10.0 Å². The molecule has 2 N–H and O–H groups in total. The summed E-state index contributed by atoms with van der Waals surface area (Å²) in [5, 5.41) is 6.95. The molecule has 0 aliphatic carbocycles. The molecule has 0 unspecified atom stereocenters. The maximum atomic E-state index is 12.5. The van der Waals surface area contributed by atoms with Gasteiger partial charge in [-0.25, -0.2) is 13.1 Å². The Labute approximate surface area is 180 Å². The van der Waals surface area contributed by atoms with Gasteiger partial charge in [0.1, 0.15) is 0 Å². The van der Waals surface area contributed by atoms with Crippen LogP contribution >= 0.6 is 0 Å². The molecule has 0 spiro atoms. The number of carbonyl (C=O) groups excluding carboxylic acids is 1. The van der Waals surface area contributed by atoms with Crippen LogP contribution in [0.25, 0.3) is 5.69 Å². The Morgan fingerprint density at radius 2 is 1.52 bits per heavy atom. The van der Waals surface area contributed by atoms with Crippen LogP contribution < -0.4 is 10.0 Å². The first-order chi connectivity index (χ1) is 14.9. The number of benzene rings is 3. The fraction of sp³-hybridized carbons (Fsp3) is 0.0435. The lowest BCUT2D eigenvalue weighted by Gasteiger charge is -2.10. The number of nitrogens with zero attached hydrogens (tertiary/aromatic N) is 2. The highest BCUT2D eigenvalue weighted by atomic mass is 32.2. The van der Waals surface area contributed by atoms with Crippen LogP contribution in [0.3, 0.4) is 0 Å². The zero-order valence-corrected chi connectivity index (χ0v) is 17.5. The average Bonchev–Trinajstić information content (AvgIpc) is 3.30. The highest BCUT2D eigenvalue weighted by Crippen LogP contribution is 2.19. The minimum Gasteiger partial charge on any atom is -0.322 e.